The SMILES string of the molecule is Clc1cccc(CBr)c1OCc1ccncc1. The van der Waals surface area contributed by atoms with Crippen molar-refractivity contribution in [3.8, 4) is 5.75 Å². The van der Waals surface area contributed by atoms with Gasteiger partial charge < -0.3 is 4.74 Å². The Labute approximate surface area is 114 Å². The van der Waals surface area contributed by atoms with Crippen LogP contribution in [0.25, 0.3) is 0 Å². The topological polar surface area (TPSA) is 22.1 Å². The van der Waals surface area contributed by atoms with Crippen LogP contribution in [0.2, 0.25) is 5.02 Å². The van der Waals surface area contributed by atoms with Crippen LogP contribution in [-0.4, -0.2) is 4.98 Å². The lowest BCUT2D eigenvalue weighted by atomic mass is 10.2. The Hall–Kier alpha value is -1.06. The van der Waals surface area contributed by atoms with Gasteiger partial charge in [0.15, 0.2) is 0 Å². The smallest absolute Gasteiger partial charge is 0.142 e. The first-order valence-corrected chi connectivity index (χ1v) is 6.66. The molecule has 2 rings (SSSR count). The highest BCUT2D eigenvalue weighted by atomic mass is 79.9. The van der Waals surface area contributed by atoms with E-state index in [4.69, 9.17) is 16.3 Å². The van der Waals surface area contributed by atoms with Gasteiger partial charge in [0, 0.05) is 23.3 Å². The quantitative estimate of drug-likeness (QED) is 0.789. The summed E-state index contributed by atoms with van der Waals surface area (Å²) in [5.41, 5.74) is 2.12. The Morgan fingerprint density at radius 1 is 1.18 bits per heavy atom. The first kappa shape index (κ1) is 12.4. The minimum Gasteiger partial charge on any atom is -0.487 e. The Bertz CT molecular complexity index is 490. The highest BCUT2D eigenvalue weighted by molar-refractivity contribution is 9.08. The van der Waals surface area contributed by atoms with Gasteiger partial charge in [-0.25, -0.2) is 0 Å². The fraction of sp³-hybridized carbons (Fsp3) is 0.154. The molecule has 2 aromatic rings. The lowest BCUT2D eigenvalue weighted by molar-refractivity contribution is 0.304. The molecule has 0 saturated heterocycles. The van der Waals surface area contributed by atoms with Crippen LogP contribution < -0.4 is 4.74 Å². The predicted molar refractivity (Wildman–Crippen MR) is 72.7 cm³/mol. The largest absolute Gasteiger partial charge is 0.487 e. The second-order valence-electron chi connectivity index (χ2n) is 3.51. The van der Waals surface area contributed by atoms with Gasteiger partial charge >= 0.3 is 0 Å². The van der Waals surface area contributed by atoms with E-state index < -0.39 is 0 Å². The Morgan fingerprint density at radius 2 is 1.94 bits per heavy atom. The van der Waals surface area contributed by atoms with Crippen molar-refractivity contribution < 1.29 is 4.74 Å². The van der Waals surface area contributed by atoms with Crippen molar-refractivity contribution in [3.05, 3.63) is 58.9 Å². The van der Waals surface area contributed by atoms with Gasteiger partial charge in [-0.05, 0) is 23.8 Å². The van der Waals surface area contributed by atoms with Crippen molar-refractivity contribution >= 4 is 27.5 Å². The number of para-hydroxylation sites is 1. The number of ether oxygens (including phenoxy) is 1. The molecule has 0 aliphatic heterocycles. The van der Waals surface area contributed by atoms with Crippen LogP contribution in [0.4, 0.5) is 0 Å². The summed E-state index contributed by atoms with van der Waals surface area (Å²) in [6.45, 7) is 0.492. The molecule has 1 aromatic carbocycles. The molecule has 2 nitrogen and oxygen atoms in total. The number of alkyl halides is 1. The first-order valence-electron chi connectivity index (χ1n) is 5.16. The molecule has 88 valence electrons. The number of rotatable bonds is 4. The van der Waals surface area contributed by atoms with E-state index in [2.05, 4.69) is 20.9 Å². The molecule has 1 heterocycles. The van der Waals surface area contributed by atoms with E-state index in [1.165, 1.54) is 0 Å². The summed E-state index contributed by atoms with van der Waals surface area (Å²) in [7, 11) is 0. The average Bonchev–Trinajstić information content (AvgIpc) is 2.38. The molecule has 0 aliphatic carbocycles. The van der Waals surface area contributed by atoms with Gasteiger partial charge in [0.1, 0.15) is 12.4 Å². The number of hydrogen-bond donors (Lipinski definition) is 0. The van der Waals surface area contributed by atoms with Crippen LogP contribution in [0.1, 0.15) is 11.1 Å². The van der Waals surface area contributed by atoms with Crippen molar-refractivity contribution in [2.45, 2.75) is 11.9 Å². The maximum absolute atomic E-state index is 6.12. The summed E-state index contributed by atoms with van der Waals surface area (Å²) < 4.78 is 5.76. The lowest BCUT2D eigenvalue weighted by Gasteiger charge is -2.11. The summed E-state index contributed by atoms with van der Waals surface area (Å²) >= 11 is 9.54. The first-order chi connectivity index (χ1) is 8.31. The number of benzene rings is 1. The molecule has 0 N–H and O–H groups in total. The summed E-state index contributed by atoms with van der Waals surface area (Å²) in [5, 5.41) is 1.36. The third-order valence-electron chi connectivity index (χ3n) is 2.33. The number of aromatic nitrogens is 1. The fourth-order valence-corrected chi connectivity index (χ4v) is 2.15. The van der Waals surface area contributed by atoms with Crippen molar-refractivity contribution in [2.24, 2.45) is 0 Å². The number of hydrogen-bond acceptors (Lipinski definition) is 2. The van der Waals surface area contributed by atoms with E-state index in [-0.39, 0.29) is 0 Å². The van der Waals surface area contributed by atoms with Crippen LogP contribution >= 0.6 is 27.5 Å². The molecule has 0 bridgehead atoms. The maximum atomic E-state index is 6.12. The van der Waals surface area contributed by atoms with E-state index in [1.54, 1.807) is 12.4 Å². The van der Waals surface area contributed by atoms with Crippen molar-refractivity contribution in [1.29, 1.82) is 0 Å². The zero-order valence-corrected chi connectivity index (χ0v) is 11.4. The van der Waals surface area contributed by atoms with Crippen LogP contribution in [0.15, 0.2) is 42.7 Å². The van der Waals surface area contributed by atoms with Crippen molar-refractivity contribution in [2.75, 3.05) is 0 Å². The standard InChI is InChI=1S/C13H11BrClNO/c14-8-11-2-1-3-12(15)13(11)17-9-10-4-6-16-7-5-10/h1-7H,8-9H2. The third-order valence-corrected chi connectivity index (χ3v) is 3.23. The van der Waals surface area contributed by atoms with Gasteiger partial charge in [-0.15, -0.1) is 0 Å². The van der Waals surface area contributed by atoms with Gasteiger partial charge in [0.2, 0.25) is 0 Å². The molecule has 0 saturated carbocycles. The van der Waals surface area contributed by atoms with E-state index in [0.29, 0.717) is 11.6 Å². The number of pyridine rings is 1. The maximum Gasteiger partial charge on any atom is 0.142 e. The van der Waals surface area contributed by atoms with Gasteiger partial charge in [-0.1, -0.05) is 39.7 Å². The molecule has 0 unspecified atom stereocenters. The van der Waals surface area contributed by atoms with Crippen molar-refractivity contribution in [3.63, 3.8) is 0 Å². The van der Waals surface area contributed by atoms with E-state index in [1.807, 2.05) is 30.3 Å². The minimum atomic E-state index is 0.492. The Kier molecular flexibility index (Phi) is 4.40. The second kappa shape index (κ2) is 6.03. The monoisotopic (exact) mass is 311 g/mol. The summed E-state index contributed by atoms with van der Waals surface area (Å²) in [6, 6.07) is 9.58. The highest BCUT2D eigenvalue weighted by Gasteiger charge is 2.07. The van der Waals surface area contributed by atoms with E-state index >= 15 is 0 Å². The normalized spacial score (nSPS) is 10.2. The van der Waals surface area contributed by atoms with E-state index in [9.17, 15) is 0 Å². The van der Waals surface area contributed by atoms with Crippen LogP contribution in [0.5, 0.6) is 5.75 Å². The van der Waals surface area contributed by atoms with Gasteiger partial charge in [0.25, 0.3) is 0 Å². The fourth-order valence-electron chi connectivity index (χ4n) is 1.45. The average molecular weight is 313 g/mol. The zero-order valence-electron chi connectivity index (χ0n) is 9.07. The number of halogens is 2. The molecule has 0 fully saturated rings. The molecule has 0 spiro atoms. The molecule has 0 atom stereocenters. The molecule has 0 aliphatic rings. The van der Waals surface area contributed by atoms with Gasteiger partial charge in [-0.3, -0.25) is 4.98 Å². The molecule has 0 radical (unpaired) electrons. The second-order valence-corrected chi connectivity index (χ2v) is 4.47. The van der Waals surface area contributed by atoms with E-state index in [0.717, 1.165) is 22.2 Å². The minimum absolute atomic E-state index is 0.492. The van der Waals surface area contributed by atoms with Crippen LogP contribution in [0.3, 0.4) is 0 Å². The Balaban J connectivity index is 2.14. The molecule has 17 heavy (non-hydrogen) atoms. The van der Waals surface area contributed by atoms with Crippen LogP contribution in [0, 0.1) is 0 Å². The highest BCUT2D eigenvalue weighted by Crippen LogP contribution is 2.30. The number of nitrogens with zero attached hydrogens (tertiary/aromatic N) is 1. The molecule has 4 heteroatoms. The van der Waals surface area contributed by atoms with Crippen LogP contribution in [-0.2, 0) is 11.9 Å². The summed E-state index contributed by atoms with van der Waals surface area (Å²) in [4.78, 5) is 3.96. The van der Waals surface area contributed by atoms with Crippen molar-refractivity contribution in [1.82, 2.24) is 4.98 Å². The summed E-state index contributed by atoms with van der Waals surface area (Å²) in [6.07, 6.45) is 3.49. The lowest BCUT2D eigenvalue weighted by Crippen LogP contribution is -1.98. The molecule has 1 aromatic heterocycles. The molecule has 0 amide bonds. The van der Waals surface area contributed by atoms with Gasteiger partial charge in [0.05, 0.1) is 5.02 Å². The van der Waals surface area contributed by atoms with Gasteiger partial charge in [-0.2, -0.15) is 0 Å². The Morgan fingerprint density at radius 3 is 2.65 bits per heavy atom. The zero-order chi connectivity index (χ0) is 12.1. The third kappa shape index (κ3) is 3.20. The predicted octanol–water partition coefficient (Wildman–Crippen LogP) is 4.21. The molecular formula is C13H11BrClNO. The summed E-state index contributed by atoms with van der Waals surface area (Å²) in [5.74, 6) is 0.739. The molecular weight excluding hydrogens is 302 g/mol.